The molecule has 1 saturated heterocycles. The predicted octanol–water partition coefficient (Wildman–Crippen LogP) is 2.17. The van der Waals surface area contributed by atoms with Crippen molar-refractivity contribution in [2.45, 2.75) is 64.5 Å². The Morgan fingerprint density at radius 1 is 1.12 bits per heavy atom. The summed E-state index contributed by atoms with van der Waals surface area (Å²) in [5, 5.41) is 3.51. The summed E-state index contributed by atoms with van der Waals surface area (Å²) < 4.78 is 0. The molecule has 2 atom stereocenters. The van der Waals surface area contributed by atoms with Crippen molar-refractivity contribution in [1.82, 2.24) is 10.2 Å². The molecule has 0 aromatic rings. The summed E-state index contributed by atoms with van der Waals surface area (Å²) in [4.78, 5) is 14.2. The maximum Gasteiger partial charge on any atom is 0.239 e. The van der Waals surface area contributed by atoms with E-state index in [4.69, 9.17) is 0 Å². The van der Waals surface area contributed by atoms with E-state index in [-0.39, 0.29) is 6.04 Å². The third-order valence-corrected chi connectivity index (χ3v) is 4.41. The quantitative estimate of drug-likeness (QED) is 0.814. The first-order valence-corrected chi connectivity index (χ1v) is 7.23. The van der Waals surface area contributed by atoms with Gasteiger partial charge >= 0.3 is 0 Å². The van der Waals surface area contributed by atoms with Crippen LogP contribution in [0.25, 0.3) is 0 Å². The lowest BCUT2D eigenvalue weighted by Gasteiger charge is -2.27. The lowest BCUT2D eigenvalue weighted by Crippen LogP contribution is -2.48. The molecule has 2 fully saturated rings. The van der Waals surface area contributed by atoms with Gasteiger partial charge in [0.2, 0.25) is 5.91 Å². The molecule has 1 amide bonds. The molecule has 17 heavy (non-hydrogen) atoms. The molecule has 1 saturated carbocycles. The summed E-state index contributed by atoms with van der Waals surface area (Å²) in [6.07, 6.45) is 7.75. The van der Waals surface area contributed by atoms with E-state index in [9.17, 15) is 4.79 Å². The fraction of sp³-hybridized carbons (Fsp3) is 0.929. The lowest BCUT2D eigenvalue weighted by atomic mass is 9.99. The minimum Gasteiger partial charge on any atom is -0.341 e. The van der Waals surface area contributed by atoms with E-state index in [2.05, 4.69) is 12.2 Å². The van der Waals surface area contributed by atoms with Crippen molar-refractivity contribution >= 4 is 5.91 Å². The van der Waals surface area contributed by atoms with Crippen molar-refractivity contribution in [3.05, 3.63) is 0 Å². The number of nitrogens with one attached hydrogen (secondary N) is 1. The van der Waals surface area contributed by atoms with Crippen LogP contribution in [0.4, 0.5) is 0 Å². The van der Waals surface area contributed by atoms with E-state index in [1.807, 2.05) is 11.8 Å². The van der Waals surface area contributed by atoms with Crippen molar-refractivity contribution in [2.75, 3.05) is 13.1 Å². The molecule has 98 valence electrons. The van der Waals surface area contributed by atoms with Gasteiger partial charge in [0.1, 0.15) is 0 Å². The Morgan fingerprint density at radius 3 is 2.29 bits per heavy atom. The highest BCUT2D eigenvalue weighted by atomic mass is 16.2. The fourth-order valence-corrected chi connectivity index (χ4v) is 3.27. The molecule has 0 spiro atoms. The predicted molar refractivity (Wildman–Crippen MR) is 69.8 cm³/mol. The van der Waals surface area contributed by atoms with Gasteiger partial charge in [-0.05, 0) is 45.4 Å². The van der Waals surface area contributed by atoms with E-state index >= 15 is 0 Å². The number of carbonyl (C=O) groups excluding carboxylic acids is 1. The van der Waals surface area contributed by atoms with Crippen molar-refractivity contribution in [2.24, 2.45) is 5.92 Å². The van der Waals surface area contributed by atoms with Crippen LogP contribution in [0.5, 0.6) is 0 Å². The van der Waals surface area contributed by atoms with E-state index in [0.29, 0.717) is 11.9 Å². The number of carbonyl (C=O) groups is 1. The van der Waals surface area contributed by atoms with Gasteiger partial charge in [-0.25, -0.2) is 0 Å². The maximum absolute atomic E-state index is 12.2. The van der Waals surface area contributed by atoms with E-state index in [0.717, 1.165) is 19.0 Å². The van der Waals surface area contributed by atoms with Gasteiger partial charge in [0.05, 0.1) is 6.04 Å². The molecule has 1 aliphatic carbocycles. The highest BCUT2D eigenvalue weighted by molar-refractivity contribution is 5.81. The number of rotatable bonds is 4. The molecule has 2 rings (SSSR count). The van der Waals surface area contributed by atoms with Crippen LogP contribution in [0, 0.1) is 5.92 Å². The summed E-state index contributed by atoms with van der Waals surface area (Å²) in [7, 11) is 0. The Kier molecular flexibility index (Phi) is 4.43. The normalized spacial score (nSPS) is 25.2. The number of hydrogen-bond acceptors (Lipinski definition) is 2. The minimum absolute atomic E-state index is 0.0105. The second-order valence-corrected chi connectivity index (χ2v) is 5.75. The summed E-state index contributed by atoms with van der Waals surface area (Å²) in [6.45, 7) is 6.18. The summed E-state index contributed by atoms with van der Waals surface area (Å²) >= 11 is 0. The first-order valence-electron chi connectivity index (χ1n) is 7.23. The Labute approximate surface area is 105 Å². The Balaban J connectivity index is 1.78. The average Bonchev–Trinajstić information content (AvgIpc) is 3.00. The van der Waals surface area contributed by atoms with Gasteiger partial charge in [-0.2, -0.15) is 0 Å². The summed E-state index contributed by atoms with van der Waals surface area (Å²) in [6, 6.07) is 0.475. The molecule has 0 bridgehead atoms. The zero-order valence-corrected chi connectivity index (χ0v) is 11.2. The zero-order chi connectivity index (χ0) is 12.3. The third-order valence-electron chi connectivity index (χ3n) is 4.41. The molecule has 2 aliphatic rings. The highest BCUT2D eigenvalue weighted by Crippen LogP contribution is 2.27. The molecular formula is C14H26N2O. The first kappa shape index (κ1) is 12.9. The van der Waals surface area contributed by atoms with Crippen LogP contribution >= 0.6 is 0 Å². The van der Waals surface area contributed by atoms with Crippen LogP contribution < -0.4 is 5.32 Å². The smallest absolute Gasteiger partial charge is 0.239 e. The Hall–Kier alpha value is -0.570. The van der Waals surface area contributed by atoms with Crippen LogP contribution in [0.15, 0.2) is 0 Å². The molecule has 1 unspecified atom stereocenters. The van der Waals surface area contributed by atoms with E-state index in [1.165, 1.54) is 38.5 Å². The molecule has 1 N–H and O–H groups in total. The standard InChI is InChI=1S/C14H26N2O/c1-11(13-7-3-4-8-13)15-12(2)14(17)16-9-5-6-10-16/h11-13,15H,3-10H2,1-2H3/t11-,12?/m0/s1. The van der Waals surface area contributed by atoms with Crippen LogP contribution in [-0.2, 0) is 4.79 Å². The molecular weight excluding hydrogens is 212 g/mol. The number of hydrogen-bond donors (Lipinski definition) is 1. The summed E-state index contributed by atoms with van der Waals surface area (Å²) in [5.41, 5.74) is 0. The molecule has 3 nitrogen and oxygen atoms in total. The van der Waals surface area contributed by atoms with Crippen LogP contribution in [0.1, 0.15) is 52.4 Å². The number of nitrogens with zero attached hydrogens (tertiary/aromatic N) is 1. The SMILES string of the molecule is CC(N[C@@H](C)C1CCCC1)C(=O)N1CCCC1. The largest absolute Gasteiger partial charge is 0.341 e. The van der Waals surface area contributed by atoms with Crippen molar-refractivity contribution in [1.29, 1.82) is 0 Å². The Morgan fingerprint density at radius 2 is 1.71 bits per heavy atom. The van der Waals surface area contributed by atoms with Crippen LogP contribution in [0.2, 0.25) is 0 Å². The lowest BCUT2D eigenvalue weighted by molar-refractivity contribution is -0.132. The fourth-order valence-electron chi connectivity index (χ4n) is 3.27. The van der Waals surface area contributed by atoms with Gasteiger partial charge < -0.3 is 10.2 Å². The van der Waals surface area contributed by atoms with Crippen LogP contribution in [0.3, 0.4) is 0 Å². The van der Waals surface area contributed by atoms with E-state index in [1.54, 1.807) is 0 Å². The molecule has 0 radical (unpaired) electrons. The second kappa shape index (κ2) is 5.85. The molecule has 0 aromatic heterocycles. The van der Waals surface area contributed by atoms with Crippen LogP contribution in [-0.4, -0.2) is 36.0 Å². The molecule has 1 heterocycles. The minimum atomic E-state index is -0.0105. The van der Waals surface area contributed by atoms with E-state index < -0.39 is 0 Å². The summed E-state index contributed by atoms with van der Waals surface area (Å²) in [5.74, 6) is 1.08. The maximum atomic E-state index is 12.2. The number of likely N-dealkylation sites (tertiary alicyclic amines) is 1. The van der Waals surface area contributed by atoms with Crippen molar-refractivity contribution < 1.29 is 4.79 Å². The molecule has 3 heteroatoms. The zero-order valence-electron chi connectivity index (χ0n) is 11.2. The third kappa shape index (κ3) is 3.21. The van der Waals surface area contributed by atoms with Gasteiger partial charge in [-0.1, -0.05) is 12.8 Å². The monoisotopic (exact) mass is 238 g/mol. The van der Waals surface area contributed by atoms with Crippen molar-refractivity contribution in [3.63, 3.8) is 0 Å². The topological polar surface area (TPSA) is 32.3 Å². The first-order chi connectivity index (χ1) is 8.18. The average molecular weight is 238 g/mol. The van der Waals surface area contributed by atoms with Gasteiger partial charge in [0.25, 0.3) is 0 Å². The number of amides is 1. The van der Waals surface area contributed by atoms with Gasteiger partial charge in [-0.3, -0.25) is 4.79 Å². The highest BCUT2D eigenvalue weighted by Gasteiger charge is 2.27. The van der Waals surface area contributed by atoms with Gasteiger partial charge in [0.15, 0.2) is 0 Å². The molecule has 1 aliphatic heterocycles. The molecule has 0 aromatic carbocycles. The van der Waals surface area contributed by atoms with Gasteiger partial charge in [-0.15, -0.1) is 0 Å². The Bertz CT molecular complexity index is 255. The van der Waals surface area contributed by atoms with Gasteiger partial charge in [0, 0.05) is 19.1 Å². The second-order valence-electron chi connectivity index (χ2n) is 5.75. The van der Waals surface area contributed by atoms with Crippen molar-refractivity contribution in [3.8, 4) is 0 Å².